The van der Waals surface area contributed by atoms with Crippen molar-refractivity contribution in [2.75, 3.05) is 32.8 Å². The molecule has 2 amide bonds. The summed E-state index contributed by atoms with van der Waals surface area (Å²) in [5.41, 5.74) is 1.01. The van der Waals surface area contributed by atoms with Gasteiger partial charge in [0.15, 0.2) is 0 Å². The van der Waals surface area contributed by atoms with Gasteiger partial charge in [0, 0.05) is 44.8 Å². The van der Waals surface area contributed by atoms with Crippen molar-refractivity contribution in [3.63, 3.8) is 0 Å². The molecule has 0 N–H and O–H groups in total. The number of amides is 2. The van der Waals surface area contributed by atoms with Gasteiger partial charge < -0.3 is 19.3 Å². The molecule has 0 unspecified atom stereocenters. The number of halogens is 4. The van der Waals surface area contributed by atoms with Gasteiger partial charge >= 0.3 is 12.3 Å². The number of hydrogen-bond acceptors (Lipinski definition) is 5. The fourth-order valence-electron chi connectivity index (χ4n) is 5.20. The first-order chi connectivity index (χ1) is 18.3. The molecule has 2 fully saturated rings. The summed E-state index contributed by atoms with van der Waals surface area (Å²) in [5, 5.41) is 0. The maximum atomic E-state index is 13.9. The molecule has 0 spiro atoms. The molecule has 3 heterocycles. The zero-order valence-corrected chi connectivity index (χ0v) is 22.1. The van der Waals surface area contributed by atoms with Gasteiger partial charge in [-0.05, 0) is 61.7 Å². The molecule has 5 rings (SSSR count). The standard InChI is InChI=1S/C28H31F4N3O4/c1-27(2,3)39-26(37)34-14-22(15-34)35-13-19-10-18(4-5-23(19)25(35)36)24-16-33(6-7-38-24)12-17-8-20(28(30,31)32)11-21(29)9-17/h4-5,8-11,22,24H,6-7,12-16H2,1-3H3/t24-/m0/s1. The van der Waals surface area contributed by atoms with E-state index < -0.39 is 29.3 Å². The second kappa shape index (κ2) is 10.1. The first kappa shape index (κ1) is 27.4. The molecule has 2 saturated heterocycles. The molecular formula is C28H31F4N3O4. The predicted octanol–water partition coefficient (Wildman–Crippen LogP) is 4.99. The van der Waals surface area contributed by atoms with Crippen molar-refractivity contribution in [2.24, 2.45) is 0 Å². The summed E-state index contributed by atoms with van der Waals surface area (Å²) in [4.78, 5) is 30.6. The Morgan fingerprint density at radius 3 is 2.51 bits per heavy atom. The van der Waals surface area contributed by atoms with Gasteiger partial charge in [-0.25, -0.2) is 9.18 Å². The first-order valence-electron chi connectivity index (χ1n) is 12.9. The van der Waals surface area contributed by atoms with Gasteiger partial charge in [-0.1, -0.05) is 12.1 Å². The number of ether oxygens (including phenoxy) is 2. The number of hydrogen-bond donors (Lipinski definition) is 0. The number of carbonyl (C=O) groups is 2. The Balaban J connectivity index is 1.22. The third kappa shape index (κ3) is 6.04. The molecule has 7 nitrogen and oxygen atoms in total. The van der Waals surface area contributed by atoms with Crippen LogP contribution in [0.5, 0.6) is 0 Å². The Morgan fingerprint density at radius 2 is 1.82 bits per heavy atom. The number of likely N-dealkylation sites (tertiary alicyclic amines) is 1. The van der Waals surface area contributed by atoms with Gasteiger partial charge in [0.05, 0.1) is 24.3 Å². The average molecular weight is 550 g/mol. The van der Waals surface area contributed by atoms with E-state index in [1.54, 1.807) is 36.6 Å². The fraction of sp³-hybridized carbons (Fsp3) is 0.500. The van der Waals surface area contributed by atoms with Crippen LogP contribution >= 0.6 is 0 Å². The van der Waals surface area contributed by atoms with Crippen LogP contribution in [0.15, 0.2) is 36.4 Å². The SMILES string of the molecule is CC(C)(C)OC(=O)N1CC(N2Cc3cc([C@@H]4CN(Cc5cc(F)cc(C(F)(F)F)c5)CCO4)ccc3C2=O)C1. The van der Waals surface area contributed by atoms with Crippen LogP contribution < -0.4 is 0 Å². The van der Waals surface area contributed by atoms with Crippen LogP contribution in [-0.2, 0) is 28.7 Å². The zero-order chi connectivity index (χ0) is 28.1. The molecule has 2 aromatic rings. The van der Waals surface area contributed by atoms with Crippen molar-refractivity contribution >= 4 is 12.0 Å². The van der Waals surface area contributed by atoms with Gasteiger partial charge in [0.2, 0.25) is 0 Å². The monoisotopic (exact) mass is 549 g/mol. The van der Waals surface area contributed by atoms with Gasteiger partial charge in [0.1, 0.15) is 11.4 Å². The first-order valence-corrected chi connectivity index (χ1v) is 12.9. The molecule has 210 valence electrons. The van der Waals surface area contributed by atoms with Gasteiger partial charge in [0.25, 0.3) is 5.91 Å². The van der Waals surface area contributed by atoms with Gasteiger partial charge in [-0.2, -0.15) is 13.2 Å². The predicted molar refractivity (Wildman–Crippen MR) is 133 cm³/mol. The molecule has 0 aromatic heterocycles. The van der Waals surface area contributed by atoms with Gasteiger partial charge in [-0.3, -0.25) is 9.69 Å². The van der Waals surface area contributed by atoms with Crippen LogP contribution in [0, 0.1) is 5.82 Å². The number of morpholine rings is 1. The highest BCUT2D eigenvalue weighted by molar-refractivity contribution is 5.98. The molecule has 1 atom stereocenters. The number of carbonyl (C=O) groups excluding carboxylic acids is 2. The lowest BCUT2D eigenvalue weighted by Crippen LogP contribution is -2.61. The lowest BCUT2D eigenvalue weighted by atomic mass is 10.0. The molecule has 0 bridgehead atoms. The number of rotatable bonds is 4. The van der Waals surface area contributed by atoms with E-state index >= 15 is 0 Å². The fourth-order valence-corrected chi connectivity index (χ4v) is 5.20. The third-order valence-corrected chi connectivity index (χ3v) is 7.13. The summed E-state index contributed by atoms with van der Waals surface area (Å²) < 4.78 is 64.5. The minimum Gasteiger partial charge on any atom is -0.444 e. The number of benzene rings is 2. The second-order valence-corrected chi connectivity index (χ2v) is 11.3. The van der Waals surface area contributed by atoms with Crippen LogP contribution in [0.4, 0.5) is 22.4 Å². The highest BCUT2D eigenvalue weighted by atomic mass is 19.4. The van der Waals surface area contributed by atoms with Crippen LogP contribution in [0.3, 0.4) is 0 Å². The minimum absolute atomic E-state index is 0.0804. The van der Waals surface area contributed by atoms with Crippen molar-refractivity contribution in [1.29, 1.82) is 0 Å². The lowest BCUT2D eigenvalue weighted by Gasteiger charge is -2.43. The molecule has 3 aliphatic rings. The average Bonchev–Trinajstić information content (AvgIpc) is 3.11. The zero-order valence-electron chi connectivity index (χ0n) is 22.1. The van der Waals surface area contributed by atoms with Crippen LogP contribution in [0.25, 0.3) is 0 Å². The van der Waals surface area contributed by atoms with E-state index in [0.29, 0.717) is 51.0 Å². The second-order valence-electron chi connectivity index (χ2n) is 11.3. The third-order valence-electron chi connectivity index (χ3n) is 7.13. The summed E-state index contributed by atoms with van der Waals surface area (Å²) in [7, 11) is 0. The van der Waals surface area contributed by atoms with E-state index in [9.17, 15) is 27.2 Å². The molecule has 3 aliphatic heterocycles. The van der Waals surface area contributed by atoms with E-state index in [0.717, 1.165) is 23.3 Å². The summed E-state index contributed by atoms with van der Waals surface area (Å²) in [5.74, 6) is -0.999. The Bertz CT molecular complexity index is 1270. The Morgan fingerprint density at radius 1 is 1.08 bits per heavy atom. The van der Waals surface area contributed by atoms with Crippen molar-refractivity contribution < 1.29 is 36.6 Å². The quantitative estimate of drug-likeness (QED) is 0.503. The van der Waals surface area contributed by atoms with E-state index in [4.69, 9.17) is 9.47 Å². The molecule has 39 heavy (non-hydrogen) atoms. The van der Waals surface area contributed by atoms with Crippen molar-refractivity contribution in [2.45, 2.75) is 57.8 Å². The topological polar surface area (TPSA) is 62.3 Å². The van der Waals surface area contributed by atoms with Crippen molar-refractivity contribution in [1.82, 2.24) is 14.7 Å². The molecule has 0 radical (unpaired) electrons. The highest BCUT2D eigenvalue weighted by Gasteiger charge is 2.42. The normalized spacial score (nSPS) is 20.7. The summed E-state index contributed by atoms with van der Waals surface area (Å²) >= 11 is 0. The Kier molecular flexibility index (Phi) is 7.09. The Labute approximate surface area is 224 Å². The number of fused-ring (bicyclic) bond motifs is 1. The van der Waals surface area contributed by atoms with E-state index in [2.05, 4.69) is 0 Å². The summed E-state index contributed by atoms with van der Waals surface area (Å²) in [6, 6.07) is 8.08. The molecule has 11 heteroatoms. The maximum absolute atomic E-state index is 13.9. The minimum atomic E-state index is -4.62. The van der Waals surface area contributed by atoms with Crippen LogP contribution in [0.2, 0.25) is 0 Å². The Hall–Kier alpha value is -3.18. The molecular weight excluding hydrogens is 518 g/mol. The largest absolute Gasteiger partial charge is 0.444 e. The lowest BCUT2D eigenvalue weighted by molar-refractivity contribution is -0.137. The smallest absolute Gasteiger partial charge is 0.416 e. The molecule has 0 saturated carbocycles. The molecule has 2 aromatic carbocycles. The van der Waals surface area contributed by atoms with E-state index in [1.807, 2.05) is 17.0 Å². The van der Waals surface area contributed by atoms with E-state index in [1.165, 1.54) is 0 Å². The van der Waals surface area contributed by atoms with Crippen LogP contribution in [0.1, 0.15) is 59.5 Å². The number of alkyl halides is 3. The maximum Gasteiger partial charge on any atom is 0.416 e. The van der Waals surface area contributed by atoms with Crippen LogP contribution in [-0.4, -0.2) is 71.1 Å². The van der Waals surface area contributed by atoms with Crippen molar-refractivity contribution in [3.05, 3.63) is 70.0 Å². The van der Waals surface area contributed by atoms with Crippen molar-refractivity contribution in [3.8, 4) is 0 Å². The molecule has 0 aliphatic carbocycles. The summed E-state index contributed by atoms with van der Waals surface area (Å²) in [6.07, 6.45) is -5.35. The van der Waals surface area contributed by atoms with Gasteiger partial charge in [-0.15, -0.1) is 0 Å². The highest BCUT2D eigenvalue weighted by Crippen LogP contribution is 2.34. The van der Waals surface area contributed by atoms with E-state index in [-0.39, 0.29) is 30.2 Å². The number of nitrogens with zero attached hydrogens (tertiary/aromatic N) is 3. The summed E-state index contributed by atoms with van der Waals surface area (Å²) in [6.45, 7) is 8.13.